The zero-order chi connectivity index (χ0) is 17.9. The maximum Gasteiger partial charge on any atom is 0.282 e. The number of fused-ring (bicyclic) bond motifs is 1. The van der Waals surface area contributed by atoms with Crippen molar-refractivity contribution in [2.45, 2.75) is 45.1 Å². The van der Waals surface area contributed by atoms with Crippen LogP contribution in [0.4, 0.5) is 0 Å². The fourth-order valence-corrected chi connectivity index (χ4v) is 5.09. The van der Waals surface area contributed by atoms with Gasteiger partial charge in [0.25, 0.3) is 5.91 Å². The zero-order valence-corrected chi connectivity index (χ0v) is 16.3. The number of amides is 1. The summed E-state index contributed by atoms with van der Waals surface area (Å²) in [6.07, 6.45) is 6.76. The Balaban J connectivity index is 1.40. The summed E-state index contributed by atoms with van der Waals surface area (Å²) in [5.41, 5.74) is 0.877. The molecule has 2 fully saturated rings. The first-order valence-electron chi connectivity index (χ1n) is 9.81. The number of nitrogens with zero attached hydrogens (tertiary/aromatic N) is 3. The maximum atomic E-state index is 12.9. The monoisotopic (exact) mass is 373 g/mol. The van der Waals surface area contributed by atoms with E-state index in [1.165, 1.54) is 43.4 Å². The number of piperazine rings is 1. The van der Waals surface area contributed by atoms with E-state index in [9.17, 15) is 4.79 Å². The minimum Gasteiger partial charge on any atom is -0.494 e. The molecule has 4 rings (SSSR count). The predicted molar refractivity (Wildman–Crippen MR) is 105 cm³/mol. The highest BCUT2D eigenvalue weighted by atomic mass is 32.1. The summed E-state index contributed by atoms with van der Waals surface area (Å²) >= 11 is 1.47. The molecule has 140 valence electrons. The molecule has 1 aliphatic carbocycles. The van der Waals surface area contributed by atoms with Crippen molar-refractivity contribution in [2.75, 3.05) is 32.8 Å². The van der Waals surface area contributed by atoms with Crippen molar-refractivity contribution in [1.82, 2.24) is 14.8 Å². The van der Waals surface area contributed by atoms with Crippen molar-refractivity contribution in [3.05, 3.63) is 23.2 Å². The van der Waals surface area contributed by atoms with E-state index in [1.54, 1.807) is 0 Å². The Bertz CT molecular complexity index is 762. The number of aromatic nitrogens is 1. The normalized spacial score (nSPS) is 19.8. The van der Waals surface area contributed by atoms with Gasteiger partial charge in [-0.25, -0.2) is 4.98 Å². The molecule has 0 bridgehead atoms. The third-order valence-corrected chi connectivity index (χ3v) is 6.55. The lowest BCUT2D eigenvalue weighted by atomic mass is 9.94. The van der Waals surface area contributed by atoms with Crippen LogP contribution in [0.5, 0.6) is 5.75 Å². The highest BCUT2D eigenvalue weighted by Gasteiger charge is 2.28. The van der Waals surface area contributed by atoms with Crippen LogP contribution in [0.3, 0.4) is 0 Å². The molecule has 0 unspecified atom stereocenters. The van der Waals surface area contributed by atoms with Crippen LogP contribution in [0.1, 0.15) is 48.8 Å². The average molecular weight is 374 g/mol. The number of carbonyl (C=O) groups is 1. The Labute approximate surface area is 159 Å². The first-order chi connectivity index (χ1) is 12.7. The van der Waals surface area contributed by atoms with E-state index in [2.05, 4.69) is 9.88 Å². The Morgan fingerprint density at radius 2 is 1.96 bits per heavy atom. The number of benzene rings is 1. The molecule has 0 radical (unpaired) electrons. The second-order valence-electron chi connectivity index (χ2n) is 7.20. The summed E-state index contributed by atoms with van der Waals surface area (Å²) in [5, 5.41) is 0.597. The van der Waals surface area contributed by atoms with Crippen molar-refractivity contribution in [2.24, 2.45) is 0 Å². The smallest absolute Gasteiger partial charge is 0.282 e. The Morgan fingerprint density at radius 1 is 1.19 bits per heavy atom. The average Bonchev–Trinajstić information content (AvgIpc) is 3.12. The fourth-order valence-electron chi connectivity index (χ4n) is 4.12. The van der Waals surface area contributed by atoms with Crippen LogP contribution in [0, 0.1) is 0 Å². The second kappa shape index (κ2) is 7.92. The molecule has 1 amide bonds. The van der Waals surface area contributed by atoms with Crippen LogP contribution in [-0.2, 0) is 0 Å². The molecule has 1 aromatic heterocycles. The molecular weight excluding hydrogens is 346 g/mol. The Morgan fingerprint density at radius 3 is 2.69 bits per heavy atom. The molecule has 2 heterocycles. The number of hydrogen-bond acceptors (Lipinski definition) is 5. The van der Waals surface area contributed by atoms with Crippen molar-refractivity contribution in [1.29, 1.82) is 0 Å². The summed E-state index contributed by atoms with van der Waals surface area (Å²) in [4.78, 5) is 22.0. The van der Waals surface area contributed by atoms with Gasteiger partial charge in [0.05, 0.1) is 16.8 Å². The minimum atomic E-state index is 0.0763. The maximum absolute atomic E-state index is 12.9. The molecule has 0 N–H and O–H groups in total. The summed E-state index contributed by atoms with van der Waals surface area (Å²) < 4.78 is 6.56. The van der Waals surface area contributed by atoms with Crippen molar-refractivity contribution in [3.8, 4) is 5.75 Å². The predicted octanol–water partition coefficient (Wildman–Crippen LogP) is 3.79. The van der Waals surface area contributed by atoms with Gasteiger partial charge in [-0.1, -0.05) is 19.3 Å². The third kappa shape index (κ3) is 3.71. The Hall–Kier alpha value is -1.66. The fraction of sp³-hybridized carbons (Fsp3) is 0.600. The minimum absolute atomic E-state index is 0.0763. The van der Waals surface area contributed by atoms with E-state index in [4.69, 9.17) is 4.74 Å². The molecule has 6 heteroatoms. The number of hydrogen-bond donors (Lipinski definition) is 0. The van der Waals surface area contributed by atoms with Crippen LogP contribution in [0.25, 0.3) is 10.2 Å². The van der Waals surface area contributed by atoms with E-state index < -0.39 is 0 Å². The third-order valence-electron chi connectivity index (χ3n) is 5.55. The molecule has 0 atom stereocenters. The first-order valence-corrected chi connectivity index (χ1v) is 10.6. The van der Waals surface area contributed by atoms with Crippen molar-refractivity contribution in [3.63, 3.8) is 0 Å². The van der Waals surface area contributed by atoms with E-state index in [0.29, 0.717) is 11.6 Å². The summed E-state index contributed by atoms with van der Waals surface area (Å²) in [5.74, 6) is 0.913. The summed E-state index contributed by atoms with van der Waals surface area (Å²) in [7, 11) is 0. The molecule has 5 nitrogen and oxygen atoms in total. The van der Waals surface area contributed by atoms with Gasteiger partial charge in [-0.3, -0.25) is 9.69 Å². The summed E-state index contributed by atoms with van der Waals surface area (Å²) in [6.45, 7) is 6.23. The van der Waals surface area contributed by atoms with E-state index in [-0.39, 0.29) is 5.91 Å². The van der Waals surface area contributed by atoms with Gasteiger partial charge in [-0.05, 0) is 38.0 Å². The van der Waals surface area contributed by atoms with Gasteiger partial charge in [0.15, 0.2) is 5.01 Å². The standard InChI is InChI=1S/C20H27N3O2S/c1-2-25-16-8-9-17-18(14-16)26-19(21-17)20(24)23-12-10-22(11-13-23)15-6-4-3-5-7-15/h8-9,14-15H,2-7,10-13H2,1H3. The number of rotatable bonds is 4. The van der Waals surface area contributed by atoms with Crippen LogP contribution in [0.2, 0.25) is 0 Å². The van der Waals surface area contributed by atoms with Crippen molar-refractivity contribution >= 4 is 27.5 Å². The first kappa shape index (κ1) is 17.7. The largest absolute Gasteiger partial charge is 0.494 e. The molecule has 2 aliphatic rings. The van der Waals surface area contributed by atoms with Crippen LogP contribution in [-0.4, -0.2) is 59.5 Å². The topological polar surface area (TPSA) is 45.7 Å². The SMILES string of the molecule is CCOc1ccc2nc(C(=O)N3CCN(C4CCCCC4)CC3)sc2c1. The van der Waals surface area contributed by atoms with E-state index in [0.717, 1.165) is 48.2 Å². The molecule has 1 saturated carbocycles. The number of carbonyl (C=O) groups excluding carboxylic acids is 1. The molecular formula is C20H27N3O2S. The van der Waals surface area contributed by atoms with Gasteiger partial charge in [-0.15, -0.1) is 11.3 Å². The lowest BCUT2D eigenvalue weighted by Crippen LogP contribution is -2.52. The van der Waals surface area contributed by atoms with Gasteiger partial charge in [0, 0.05) is 32.2 Å². The number of thiazole rings is 1. The molecule has 0 spiro atoms. The zero-order valence-electron chi connectivity index (χ0n) is 15.4. The van der Waals surface area contributed by atoms with E-state index >= 15 is 0 Å². The van der Waals surface area contributed by atoms with Gasteiger partial charge in [0.1, 0.15) is 5.75 Å². The summed E-state index contributed by atoms with van der Waals surface area (Å²) in [6, 6.07) is 6.58. The van der Waals surface area contributed by atoms with Gasteiger partial charge in [-0.2, -0.15) is 0 Å². The van der Waals surface area contributed by atoms with Crippen LogP contribution >= 0.6 is 11.3 Å². The quantitative estimate of drug-likeness (QED) is 0.818. The number of ether oxygens (including phenoxy) is 1. The Kier molecular flexibility index (Phi) is 5.41. The molecule has 1 aliphatic heterocycles. The molecule has 26 heavy (non-hydrogen) atoms. The second-order valence-corrected chi connectivity index (χ2v) is 8.23. The highest BCUT2D eigenvalue weighted by molar-refractivity contribution is 7.20. The van der Waals surface area contributed by atoms with Crippen LogP contribution < -0.4 is 4.74 Å². The molecule has 1 aromatic carbocycles. The van der Waals surface area contributed by atoms with Crippen LogP contribution in [0.15, 0.2) is 18.2 Å². The lowest BCUT2D eigenvalue weighted by molar-refractivity contribution is 0.0523. The van der Waals surface area contributed by atoms with Crippen molar-refractivity contribution < 1.29 is 9.53 Å². The van der Waals surface area contributed by atoms with Gasteiger partial charge in [0.2, 0.25) is 0 Å². The molecule has 1 saturated heterocycles. The highest BCUT2D eigenvalue weighted by Crippen LogP contribution is 2.28. The van der Waals surface area contributed by atoms with Gasteiger partial charge >= 0.3 is 0 Å². The molecule has 2 aromatic rings. The lowest BCUT2D eigenvalue weighted by Gasteiger charge is -2.40. The van der Waals surface area contributed by atoms with Gasteiger partial charge < -0.3 is 9.64 Å². The van der Waals surface area contributed by atoms with E-state index in [1.807, 2.05) is 30.0 Å².